The highest BCUT2D eigenvalue weighted by Gasteiger charge is 2.10. The molecule has 1 atom stereocenters. The maximum absolute atomic E-state index is 9.47. The largest absolute Gasteiger partial charge is 0.505 e. The maximum Gasteiger partial charge on any atom is 0.152 e. The zero-order chi connectivity index (χ0) is 13.1. The third-order valence-corrected chi connectivity index (χ3v) is 3.00. The Hall–Kier alpha value is -1.52. The monoisotopic (exact) mass is 283 g/mol. The van der Waals surface area contributed by atoms with Gasteiger partial charge in [-0.2, -0.15) is 0 Å². The maximum atomic E-state index is 9.47. The normalized spacial score (nSPS) is 12.2. The molecule has 1 aromatic carbocycles. The van der Waals surface area contributed by atoms with Gasteiger partial charge in [-0.05, 0) is 19.1 Å². The zero-order valence-corrected chi connectivity index (χ0v) is 11.1. The Labute approximate surface area is 115 Å². The van der Waals surface area contributed by atoms with E-state index in [9.17, 15) is 5.11 Å². The molecule has 2 rings (SSSR count). The van der Waals surface area contributed by atoms with Crippen LogP contribution in [0, 0.1) is 0 Å². The lowest BCUT2D eigenvalue weighted by molar-refractivity contribution is 0.476. The fourth-order valence-corrected chi connectivity index (χ4v) is 1.99. The third-order valence-electron chi connectivity index (χ3n) is 2.43. The van der Waals surface area contributed by atoms with Crippen molar-refractivity contribution in [3.05, 3.63) is 46.5 Å². The molecular weight excluding hydrogens is 273 g/mol. The average Bonchev–Trinajstić information content (AvgIpc) is 2.37. The number of nitrogens with one attached hydrogen (secondary N) is 1. The summed E-state index contributed by atoms with van der Waals surface area (Å²) in [7, 11) is 0. The standard InChI is InChI=1S/C12H11Cl2N3O/c1-7(11-6-15-2-3-16-11)17-8-4-9(13)12(18)10(14)5-8/h2-7,17-18H,1H3. The molecule has 94 valence electrons. The molecule has 1 aromatic heterocycles. The fourth-order valence-electron chi connectivity index (χ4n) is 1.51. The van der Waals surface area contributed by atoms with E-state index in [1.165, 1.54) is 0 Å². The number of rotatable bonds is 3. The van der Waals surface area contributed by atoms with Crippen LogP contribution in [0.5, 0.6) is 5.75 Å². The first-order chi connectivity index (χ1) is 8.58. The van der Waals surface area contributed by atoms with E-state index < -0.39 is 0 Å². The summed E-state index contributed by atoms with van der Waals surface area (Å²) in [5.74, 6) is -0.115. The molecule has 6 heteroatoms. The lowest BCUT2D eigenvalue weighted by Crippen LogP contribution is -2.08. The highest BCUT2D eigenvalue weighted by molar-refractivity contribution is 6.37. The Bertz CT molecular complexity index is 525. The number of hydrogen-bond donors (Lipinski definition) is 2. The fraction of sp³-hybridized carbons (Fsp3) is 0.167. The van der Waals surface area contributed by atoms with E-state index in [1.807, 2.05) is 6.92 Å². The molecule has 1 heterocycles. The molecule has 0 saturated carbocycles. The molecule has 0 bridgehead atoms. The van der Waals surface area contributed by atoms with Gasteiger partial charge in [-0.25, -0.2) is 0 Å². The van der Waals surface area contributed by atoms with Crippen molar-refractivity contribution in [2.24, 2.45) is 0 Å². The van der Waals surface area contributed by atoms with Gasteiger partial charge in [0, 0.05) is 18.1 Å². The quantitative estimate of drug-likeness (QED) is 0.844. The van der Waals surface area contributed by atoms with Crippen molar-refractivity contribution in [2.45, 2.75) is 13.0 Å². The summed E-state index contributed by atoms with van der Waals surface area (Å²) >= 11 is 11.7. The summed E-state index contributed by atoms with van der Waals surface area (Å²) in [6.45, 7) is 1.94. The molecule has 4 nitrogen and oxygen atoms in total. The molecule has 0 aliphatic rings. The SMILES string of the molecule is CC(Nc1cc(Cl)c(O)c(Cl)c1)c1cnccn1. The van der Waals surface area contributed by atoms with Crippen LogP contribution < -0.4 is 5.32 Å². The molecule has 0 saturated heterocycles. The number of halogens is 2. The number of phenolic OH excluding ortho intramolecular Hbond substituents is 1. The number of phenols is 1. The minimum atomic E-state index is -0.115. The van der Waals surface area contributed by atoms with Gasteiger partial charge in [0.25, 0.3) is 0 Å². The van der Waals surface area contributed by atoms with Crippen molar-refractivity contribution >= 4 is 28.9 Å². The van der Waals surface area contributed by atoms with Gasteiger partial charge in [0.15, 0.2) is 5.75 Å². The molecule has 2 aromatic rings. The molecule has 18 heavy (non-hydrogen) atoms. The molecule has 0 aliphatic heterocycles. The number of nitrogens with zero attached hydrogens (tertiary/aromatic N) is 2. The molecule has 1 unspecified atom stereocenters. The van der Waals surface area contributed by atoms with Crippen molar-refractivity contribution in [2.75, 3.05) is 5.32 Å². The predicted molar refractivity (Wildman–Crippen MR) is 72.2 cm³/mol. The van der Waals surface area contributed by atoms with Crippen LogP contribution >= 0.6 is 23.2 Å². The van der Waals surface area contributed by atoms with Crippen LogP contribution in [0.2, 0.25) is 10.0 Å². The highest BCUT2D eigenvalue weighted by atomic mass is 35.5. The van der Waals surface area contributed by atoms with Gasteiger partial charge >= 0.3 is 0 Å². The Balaban J connectivity index is 2.20. The Kier molecular flexibility index (Phi) is 3.89. The molecular formula is C12H11Cl2N3O. The van der Waals surface area contributed by atoms with Crippen LogP contribution in [0.4, 0.5) is 5.69 Å². The van der Waals surface area contributed by atoms with Gasteiger partial charge in [-0.1, -0.05) is 23.2 Å². The van der Waals surface area contributed by atoms with Gasteiger partial charge in [-0.15, -0.1) is 0 Å². The summed E-state index contributed by atoms with van der Waals surface area (Å²) in [5, 5.41) is 13.1. The van der Waals surface area contributed by atoms with Crippen molar-refractivity contribution < 1.29 is 5.11 Å². The number of benzene rings is 1. The van der Waals surface area contributed by atoms with Gasteiger partial charge in [-0.3, -0.25) is 9.97 Å². The van der Waals surface area contributed by atoms with Crippen molar-refractivity contribution in [1.29, 1.82) is 0 Å². The molecule has 0 aliphatic carbocycles. The third kappa shape index (κ3) is 2.83. The highest BCUT2D eigenvalue weighted by Crippen LogP contribution is 2.35. The molecule has 0 amide bonds. The second-order valence-corrected chi connectivity index (χ2v) is 4.60. The van der Waals surface area contributed by atoms with E-state index in [4.69, 9.17) is 23.2 Å². The Morgan fingerprint density at radius 1 is 1.22 bits per heavy atom. The smallest absolute Gasteiger partial charge is 0.152 e. The van der Waals surface area contributed by atoms with E-state index in [1.54, 1.807) is 30.7 Å². The van der Waals surface area contributed by atoms with Crippen LogP contribution in [-0.4, -0.2) is 15.1 Å². The second-order valence-electron chi connectivity index (χ2n) is 3.78. The van der Waals surface area contributed by atoms with Crippen molar-refractivity contribution in [3.63, 3.8) is 0 Å². The number of aromatic nitrogens is 2. The van der Waals surface area contributed by atoms with Crippen LogP contribution in [0.1, 0.15) is 18.7 Å². The van der Waals surface area contributed by atoms with Crippen LogP contribution in [0.3, 0.4) is 0 Å². The van der Waals surface area contributed by atoms with Gasteiger partial charge in [0.1, 0.15) is 0 Å². The number of aromatic hydroxyl groups is 1. The second kappa shape index (κ2) is 5.42. The Morgan fingerprint density at radius 3 is 2.44 bits per heavy atom. The predicted octanol–water partition coefficient (Wildman–Crippen LogP) is 3.66. The lowest BCUT2D eigenvalue weighted by atomic mass is 10.2. The van der Waals surface area contributed by atoms with E-state index >= 15 is 0 Å². The van der Waals surface area contributed by atoms with E-state index in [2.05, 4.69) is 15.3 Å². The molecule has 0 spiro atoms. The van der Waals surface area contributed by atoms with E-state index in [-0.39, 0.29) is 21.8 Å². The summed E-state index contributed by atoms with van der Waals surface area (Å²) < 4.78 is 0. The summed E-state index contributed by atoms with van der Waals surface area (Å²) in [6, 6.07) is 3.17. The van der Waals surface area contributed by atoms with Crippen molar-refractivity contribution in [1.82, 2.24) is 9.97 Å². The minimum Gasteiger partial charge on any atom is -0.505 e. The topological polar surface area (TPSA) is 58.0 Å². The summed E-state index contributed by atoms with van der Waals surface area (Å²) in [4.78, 5) is 8.20. The number of hydrogen-bond acceptors (Lipinski definition) is 4. The number of anilines is 1. The van der Waals surface area contributed by atoms with Gasteiger partial charge in [0.05, 0.1) is 28.0 Å². The summed E-state index contributed by atoms with van der Waals surface area (Å²) in [5.41, 5.74) is 1.51. The first-order valence-electron chi connectivity index (χ1n) is 5.28. The van der Waals surface area contributed by atoms with Gasteiger partial charge in [0.2, 0.25) is 0 Å². The molecule has 0 fully saturated rings. The average molecular weight is 284 g/mol. The van der Waals surface area contributed by atoms with Crippen molar-refractivity contribution in [3.8, 4) is 5.75 Å². The minimum absolute atomic E-state index is 0.0459. The van der Waals surface area contributed by atoms with Gasteiger partial charge < -0.3 is 10.4 Å². The van der Waals surface area contributed by atoms with E-state index in [0.717, 1.165) is 5.69 Å². The van der Waals surface area contributed by atoms with E-state index in [0.29, 0.717) is 5.69 Å². The first kappa shape index (κ1) is 12.9. The lowest BCUT2D eigenvalue weighted by Gasteiger charge is -2.15. The first-order valence-corrected chi connectivity index (χ1v) is 6.04. The zero-order valence-electron chi connectivity index (χ0n) is 9.56. The molecule has 2 N–H and O–H groups in total. The van der Waals surface area contributed by atoms with Crippen LogP contribution in [-0.2, 0) is 0 Å². The van der Waals surface area contributed by atoms with Crippen LogP contribution in [0.25, 0.3) is 0 Å². The Morgan fingerprint density at radius 2 is 1.89 bits per heavy atom. The molecule has 0 radical (unpaired) electrons. The summed E-state index contributed by atoms with van der Waals surface area (Å²) in [6.07, 6.45) is 4.93. The van der Waals surface area contributed by atoms with Crippen LogP contribution in [0.15, 0.2) is 30.7 Å².